The van der Waals surface area contributed by atoms with Gasteiger partial charge < -0.3 is 19.7 Å². The van der Waals surface area contributed by atoms with Crippen molar-refractivity contribution in [2.45, 2.75) is 39.2 Å². The van der Waals surface area contributed by atoms with Crippen molar-refractivity contribution in [3.63, 3.8) is 0 Å². The first-order valence-electron chi connectivity index (χ1n) is 9.80. The van der Waals surface area contributed by atoms with Crippen molar-refractivity contribution in [2.24, 2.45) is 0 Å². The Balaban J connectivity index is 1.48. The van der Waals surface area contributed by atoms with Gasteiger partial charge in [-0.25, -0.2) is 4.98 Å². The molecule has 1 N–H and O–H groups in total. The Hall–Kier alpha value is -2.54. The van der Waals surface area contributed by atoms with Gasteiger partial charge in [0.15, 0.2) is 5.60 Å². The van der Waals surface area contributed by atoms with E-state index in [1.54, 1.807) is 38.1 Å². The van der Waals surface area contributed by atoms with Gasteiger partial charge in [0, 0.05) is 24.2 Å². The average molecular weight is 419 g/mol. The van der Waals surface area contributed by atoms with Crippen LogP contribution in [-0.2, 0) is 4.79 Å². The Labute approximate surface area is 176 Å². The van der Waals surface area contributed by atoms with E-state index in [0.29, 0.717) is 35.6 Å². The van der Waals surface area contributed by atoms with Crippen molar-refractivity contribution < 1.29 is 14.3 Å². The van der Waals surface area contributed by atoms with Crippen LogP contribution in [0.25, 0.3) is 0 Å². The van der Waals surface area contributed by atoms with Gasteiger partial charge in [0.1, 0.15) is 24.0 Å². The third kappa shape index (κ3) is 5.97. The van der Waals surface area contributed by atoms with Crippen molar-refractivity contribution in [1.29, 1.82) is 0 Å². The lowest BCUT2D eigenvalue weighted by atomic mass is 10.1. The van der Waals surface area contributed by atoms with Crippen LogP contribution in [0.15, 0.2) is 30.3 Å². The van der Waals surface area contributed by atoms with Crippen LogP contribution in [0.3, 0.4) is 0 Å². The van der Waals surface area contributed by atoms with Crippen molar-refractivity contribution in [3.05, 3.63) is 41.2 Å². The molecule has 156 valence electrons. The van der Waals surface area contributed by atoms with Gasteiger partial charge in [0.2, 0.25) is 5.88 Å². The van der Waals surface area contributed by atoms with Gasteiger partial charge in [-0.15, -0.1) is 0 Å². The van der Waals surface area contributed by atoms with E-state index in [-0.39, 0.29) is 5.91 Å². The van der Waals surface area contributed by atoms with Crippen LogP contribution in [0, 0.1) is 6.92 Å². The van der Waals surface area contributed by atoms with Gasteiger partial charge >= 0.3 is 0 Å². The number of benzene rings is 1. The second kappa shape index (κ2) is 9.31. The molecule has 0 aliphatic carbocycles. The fourth-order valence-corrected chi connectivity index (χ4v) is 3.21. The van der Waals surface area contributed by atoms with E-state index in [4.69, 9.17) is 21.1 Å². The number of halogens is 1. The van der Waals surface area contributed by atoms with Crippen LogP contribution >= 0.6 is 11.6 Å². The summed E-state index contributed by atoms with van der Waals surface area (Å²) < 4.78 is 11.5. The van der Waals surface area contributed by atoms with E-state index in [1.165, 1.54) is 12.8 Å². The minimum absolute atomic E-state index is 0.229. The third-order valence-corrected chi connectivity index (χ3v) is 4.85. The highest BCUT2D eigenvalue weighted by Gasteiger charge is 2.29. The summed E-state index contributed by atoms with van der Waals surface area (Å²) in [6.07, 6.45) is 2.36. The number of nitrogens with zero attached hydrogens (tertiary/aromatic N) is 3. The number of nitrogens with one attached hydrogen (secondary N) is 1. The first-order chi connectivity index (χ1) is 13.8. The lowest BCUT2D eigenvalue weighted by Crippen LogP contribution is -2.47. The summed E-state index contributed by atoms with van der Waals surface area (Å²) in [5.74, 6) is 2.44. The predicted octanol–water partition coefficient (Wildman–Crippen LogP) is 3.39. The third-order valence-electron chi connectivity index (χ3n) is 4.60. The molecule has 1 aromatic carbocycles. The molecule has 29 heavy (non-hydrogen) atoms. The molecule has 0 saturated carbocycles. The molecule has 0 atom stereocenters. The minimum Gasteiger partial charge on any atom is -0.478 e. The van der Waals surface area contributed by atoms with Crippen molar-refractivity contribution >= 4 is 23.3 Å². The lowest BCUT2D eigenvalue weighted by molar-refractivity contribution is -0.134. The summed E-state index contributed by atoms with van der Waals surface area (Å²) in [6.45, 7) is 7.95. The Kier molecular flexibility index (Phi) is 6.79. The number of ether oxygens (including phenoxy) is 2. The molecule has 0 unspecified atom stereocenters. The largest absolute Gasteiger partial charge is 0.478 e. The van der Waals surface area contributed by atoms with E-state index in [1.807, 2.05) is 13.0 Å². The molecule has 2 aromatic rings. The van der Waals surface area contributed by atoms with Gasteiger partial charge in [-0.05, 0) is 57.9 Å². The number of hydrogen-bond acceptors (Lipinski definition) is 6. The number of rotatable bonds is 8. The van der Waals surface area contributed by atoms with Gasteiger partial charge in [0.25, 0.3) is 5.91 Å². The summed E-state index contributed by atoms with van der Waals surface area (Å²) in [7, 11) is 0. The monoisotopic (exact) mass is 418 g/mol. The van der Waals surface area contributed by atoms with Crippen LogP contribution in [0.4, 0.5) is 5.82 Å². The molecule has 1 amide bonds. The number of aromatic nitrogens is 2. The van der Waals surface area contributed by atoms with Crippen molar-refractivity contribution in [1.82, 2.24) is 15.3 Å². The Bertz CT molecular complexity index is 836. The van der Waals surface area contributed by atoms with Gasteiger partial charge in [-0.2, -0.15) is 4.98 Å². The highest BCUT2D eigenvalue weighted by Crippen LogP contribution is 2.22. The molecule has 1 aliphatic rings. The van der Waals surface area contributed by atoms with Crippen LogP contribution in [0.5, 0.6) is 11.6 Å². The van der Waals surface area contributed by atoms with Crippen molar-refractivity contribution in [3.8, 4) is 11.6 Å². The van der Waals surface area contributed by atoms with Gasteiger partial charge in [0.05, 0.1) is 6.54 Å². The fraction of sp³-hybridized carbons (Fsp3) is 0.476. The molecule has 0 spiro atoms. The number of carbonyl (C=O) groups is 1. The summed E-state index contributed by atoms with van der Waals surface area (Å²) in [6, 6.07) is 8.76. The van der Waals surface area contributed by atoms with Crippen LogP contribution < -0.4 is 19.7 Å². The minimum atomic E-state index is -1.03. The number of amides is 1. The molecule has 3 rings (SSSR count). The summed E-state index contributed by atoms with van der Waals surface area (Å²) >= 11 is 5.88. The molecule has 1 saturated heterocycles. The average Bonchev–Trinajstić information content (AvgIpc) is 3.21. The molecule has 1 aliphatic heterocycles. The quantitative estimate of drug-likeness (QED) is 0.662. The molecular weight excluding hydrogens is 392 g/mol. The highest BCUT2D eigenvalue weighted by molar-refractivity contribution is 6.30. The van der Waals surface area contributed by atoms with E-state index >= 15 is 0 Å². The molecule has 0 radical (unpaired) electrons. The highest BCUT2D eigenvalue weighted by atomic mass is 35.5. The first kappa shape index (κ1) is 21.2. The lowest BCUT2D eigenvalue weighted by Gasteiger charge is -2.25. The standard InChI is InChI=1S/C21H27ClN4O3/c1-15-24-18(26-11-4-5-12-26)14-19(25-15)28-13-10-23-20(27)21(2,3)29-17-8-6-16(22)7-9-17/h6-9,14H,4-5,10-13H2,1-3H3,(H,23,27). The van der Waals surface area contributed by atoms with E-state index in [0.717, 1.165) is 18.9 Å². The molecule has 7 nitrogen and oxygen atoms in total. The smallest absolute Gasteiger partial charge is 0.263 e. The normalized spacial score (nSPS) is 14.0. The molecule has 1 fully saturated rings. The second-order valence-corrected chi connectivity index (χ2v) is 7.91. The van der Waals surface area contributed by atoms with E-state index in [9.17, 15) is 4.79 Å². The maximum Gasteiger partial charge on any atom is 0.263 e. The Morgan fingerprint density at radius 1 is 1.21 bits per heavy atom. The zero-order valence-electron chi connectivity index (χ0n) is 17.1. The topological polar surface area (TPSA) is 76.6 Å². The summed E-state index contributed by atoms with van der Waals surface area (Å²) in [5, 5.41) is 3.46. The number of aryl methyl sites for hydroxylation is 1. The molecule has 1 aromatic heterocycles. The summed E-state index contributed by atoms with van der Waals surface area (Å²) in [5.41, 5.74) is -1.03. The number of anilines is 1. The van der Waals surface area contributed by atoms with Crippen LogP contribution in [0.1, 0.15) is 32.5 Å². The van der Waals surface area contributed by atoms with E-state index in [2.05, 4.69) is 20.2 Å². The van der Waals surface area contributed by atoms with Crippen LogP contribution in [-0.4, -0.2) is 47.7 Å². The summed E-state index contributed by atoms with van der Waals surface area (Å²) in [4.78, 5) is 23.5. The Morgan fingerprint density at radius 3 is 2.59 bits per heavy atom. The van der Waals surface area contributed by atoms with E-state index < -0.39 is 5.60 Å². The zero-order valence-corrected chi connectivity index (χ0v) is 17.8. The molecule has 2 heterocycles. The van der Waals surface area contributed by atoms with Crippen molar-refractivity contribution in [2.75, 3.05) is 31.1 Å². The molecular formula is C21H27ClN4O3. The Morgan fingerprint density at radius 2 is 1.90 bits per heavy atom. The maximum absolute atomic E-state index is 12.5. The zero-order chi connectivity index (χ0) is 20.9. The first-order valence-corrected chi connectivity index (χ1v) is 10.2. The van der Waals surface area contributed by atoms with Crippen LogP contribution in [0.2, 0.25) is 5.02 Å². The number of hydrogen-bond donors (Lipinski definition) is 1. The second-order valence-electron chi connectivity index (χ2n) is 7.48. The SMILES string of the molecule is Cc1nc(OCCNC(=O)C(C)(C)Oc2ccc(Cl)cc2)cc(N2CCCC2)n1. The molecule has 8 heteroatoms. The maximum atomic E-state index is 12.5. The fourth-order valence-electron chi connectivity index (χ4n) is 3.08. The predicted molar refractivity (Wildman–Crippen MR) is 113 cm³/mol. The van der Waals surface area contributed by atoms with Gasteiger partial charge in [-0.3, -0.25) is 4.79 Å². The molecule has 0 bridgehead atoms. The number of carbonyl (C=O) groups excluding carboxylic acids is 1. The van der Waals surface area contributed by atoms with Gasteiger partial charge in [-0.1, -0.05) is 11.6 Å².